The van der Waals surface area contributed by atoms with Gasteiger partial charge in [-0.25, -0.2) is 9.97 Å². The van der Waals surface area contributed by atoms with E-state index in [-0.39, 0.29) is 6.04 Å². The molecule has 0 spiro atoms. The smallest absolute Gasteiger partial charge is 0.135 e. The maximum Gasteiger partial charge on any atom is 0.135 e. The van der Waals surface area contributed by atoms with Gasteiger partial charge in [0.05, 0.1) is 12.6 Å². The first kappa shape index (κ1) is 15.7. The molecule has 0 amide bonds. The standard InChI is InChI=1S/C14H26N4O/c1-6-11(9-19-5)16-13-8-12(15-7-2)17-14(18-13)10(3)4/h8,10-11H,6-7,9H2,1-5H3,(H2,15,16,17,18). The first-order chi connectivity index (χ1) is 9.10. The number of nitrogens with one attached hydrogen (secondary N) is 2. The van der Waals surface area contributed by atoms with Crippen molar-refractivity contribution in [1.82, 2.24) is 9.97 Å². The lowest BCUT2D eigenvalue weighted by Gasteiger charge is -2.18. The van der Waals surface area contributed by atoms with Crippen molar-refractivity contribution in [2.75, 3.05) is 30.9 Å². The Labute approximate surface area is 116 Å². The quantitative estimate of drug-likeness (QED) is 0.757. The Morgan fingerprint density at radius 1 is 1.21 bits per heavy atom. The van der Waals surface area contributed by atoms with Crippen LogP contribution >= 0.6 is 0 Å². The molecular weight excluding hydrogens is 240 g/mol. The van der Waals surface area contributed by atoms with Gasteiger partial charge in [0.25, 0.3) is 0 Å². The highest BCUT2D eigenvalue weighted by atomic mass is 16.5. The molecule has 0 bridgehead atoms. The summed E-state index contributed by atoms with van der Waals surface area (Å²) in [6.07, 6.45) is 0.991. The van der Waals surface area contributed by atoms with Crippen LogP contribution in [0.1, 0.15) is 45.9 Å². The fraction of sp³-hybridized carbons (Fsp3) is 0.714. The van der Waals surface area contributed by atoms with E-state index in [2.05, 4.69) is 48.3 Å². The van der Waals surface area contributed by atoms with Crippen LogP contribution in [0.4, 0.5) is 11.6 Å². The summed E-state index contributed by atoms with van der Waals surface area (Å²) in [4.78, 5) is 9.08. The van der Waals surface area contributed by atoms with Crippen LogP contribution in [0.25, 0.3) is 0 Å². The topological polar surface area (TPSA) is 59.1 Å². The number of nitrogens with zero attached hydrogens (tertiary/aromatic N) is 2. The SMILES string of the molecule is CCNc1cc(NC(CC)COC)nc(C(C)C)n1. The highest BCUT2D eigenvalue weighted by Crippen LogP contribution is 2.18. The molecule has 0 aromatic carbocycles. The van der Waals surface area contributed by atoms with Crippen LogP contribution < -0.4 is 10.6 Å². The van der Waals surface area contributed by atoms with Crippen molar-refractivity contribution in [3.8, 4) is 0 Å². The van der Waals surface area contributed by atoms with Crippen molar-refractivity contribution < 1.29 is 4.74 Å². The highest BCUT2D eigenvalue weighted by Gasteiger charge is 2.11. The van der Waals surface area contributed by atoms with Gasteiger partial charge in [0.15, 0.2) is 0 Å². The Balaban J connectivity index is 2.91. The fourth-order valence-electron chi connectivity index (χ4n) is 1.74. The van der Waals surface area contributed by atoms with E-state index in [0.29, 0.717) is 12.5 Å². The molecule has 0 aliphatic rings. The predicted molar refractivity (Wildman–Crippen MR) is 79.9 cm³/mol. The zero-order valence-corrected chi connectivity index (χ0v) is 12.7. The van der Waals surface area contributed by atoms with Crippen LogP contribution in [0, 0.1) is 0 Å². The molecule has 1 aromatic heterocycles. The molecule has 0 saturated heterocycles. The summed E-state index contributed by atoms with van der Waals surface area (Å²) in [6.45, 7) is 9.91. The van der Waals surface area contributed by atoms with Gasteiger partial charge < -0.3 is 15.4 Å². The molecule has 5 heteroatoms. The van der Waals surface area contributed by atoms with Gasteiger partial charge in [0.1, 0.15) is 17.5 Å². The van der Waals surface area contributed by atoms with Crippen LogP contribution in [0.3, 0.4) is 0 Å². The van der Waals surface area contributed by atoms with E-state index in [1.165, 1.54) is 0 Å². The zero-order chi connectivity index (χ0) is 14.3. The number of anilines is 2. The Kier molecular flexibility index (Phi) is 6.56. The van der Waals surface area contributed by atoms with Crippen LogP contribution in [0.5, 0.6) is 0 Å². The summed E-state index contributed by atoms with van der Waals surface area (Å²) >= 11 is 0. The lowest BCUT2D eigenvalue weighted by Crippen LogP contribution is -2.25. The average Bonchev–Trinajstić information content (AvgIpc) is 2.38. The molecule has 1 rings (SSSR count). The minimum atomic E-state index is 0.273. The maximum absolute atomic E-state index is 5.20. The second kappa shape index (κ2) is 7.94. The molecule has 0 aliphatic heterocycles. The van der Waals surface area contributed by atoms with E-state index in [1.54, 1.807) is 7.11 Å². The van der Waals surface area contributed by atoms with Gasteiger partial charge in [-0.2, -0.15) is 0 Å². The second-order valence-corrected chi connectivity index (χ2v) is 4.89. The van der Waals surface area contributed by atoms with Gasteiger partial charge in [-0.1, -0.05) is 20.8 Å². The minimum Gasteiger partial charge on any atom is -0.383 e. The van der Waals surface area contributed by atoms with Gasteiger partial charge in [-0.15, -0.1) is 0 Å². The maximum atomic E-state index is 5.20. The van der Waals surface area contributed by atoms with Gasteiger partial charge in [-0.05, 0) is 13.3 Å². The third kappa shape index (κ3) is 5.03. The summed E-state index contributed by atoms with van der Waals surface area (Å²) < 4.78 is 5.20. The lowest BCUT2D eigenvalue weighted by molar-refractivity contribution is 0.184. The number of hydrogen-bond acceptors (Lipinski definition) is 5. The van der Waals surface area contributed by atoms with Crippen molar-refractivity contribution in [2.24, 2.45) is 0 Å². The molecule has 0 saturated carbocycles. The zero-order valence-electron chi connectivity index (χ0n) is 12.7. The number of aromatic nitrogens is 2. The van der Waals surface area contributed by atoms with Crippen molar-refractivity contribution in [1.29, 1.82) is 0 Å². The van der Waals surface area contributed by atoms with E-state index in [0.717, 1.165) is 30.4 Å². The summed E-state index contributed by atoms with van der Waals surface area (Å²) in [7, 11) is 1.72. The normalized spacial score (nSPS) is 12.5. The summed E-state index contributed by atoms with van der Waals surface area (Å²) in [5.41, 5.74) is 0. The summed E-state index contributed by atoms with van der Waals surface area (Å²) in [5, 5.41) is 6.65. The Bertz CT molecular complexity index is 382. The first-order valence-corrected chi connectivity index (χ1v) is 6.99. The molecule has 1 unspecified atom stereocenters. The lowest BCUT2D eigenvalue weighted by atomic mass is 10.2. The number of rotatable bonds is 8. The van der Waals surface area contributed by atoms with Crippen LogP contribution in [0.15, 0.2) is 6.07 Å². The molecular formula is C14H26N4O. The second-order valence-electron chi connectivity index (χ2n) is 4.89. The van der Waals surface area contributed by atoms with Crippen molar-refractivity contribution in [2.45, 2.75) is 46.1 Å². The molecule has 1 atom stereocenters. The largest absolute Gasteiger partial charge is 0.383 e. The summed E-state index contributed by atoms with van der Waals surface area (Å²) in [5.74, 6) is 2.89. The van der Waals surface area contributed by atoms with E-state index in [4.69, 9.17) is 4.74 Å². The summed E-state index contributed by atoms with van der Waals surface area (Å²) in [6, 6.07) is 2.22. The number of ether oxygens (including phenoxy) is 1. The van der Waals surface area contributed by atoms with Gasteiger partial charge in [-0.3, -0.25) is 0 Å². The van der Waals surface area contributed by atoms with E-state index >= 15 is 0 Å². The molecule has 108 valence electrons. The van der Waals surface area contributed by atoms with Gasteiger partial charge >= 0.3 is 0 Å². The van der Waals surface area contributed by atoms with E-state index in [9.17, 15) is 0 Å². The molecule has 1 aromatic rings. The highest BCUT2D eigenvalue weighted by molar-refractivity contribution is 5.48. The van der Waals surface area contributed by atoms with Crippen molar-refractivity contribution in [3.63, 3.8) is 0 Å². The Morgan fingerprint density at radius 2 is 1.89 bits per heavy atom. The molecule has 2 N–H and O–H groups in total. The Morgan fingerprint density at radius 3 is 2.42 bits per heavy atom. The molecule has 5 nitrogen and oxygen atoms in total. The van der Waals surface area contributed by atoms with Gasteiger partial charge in [0, 0.05) is 25.6 Å². The molecule has 0 radical (unpaired) electrons. The predicted octanol–water partition coefficient (Wildman–Crippen LogP) is 2.87. The van der Waals surface area contributed by atoms with Crippen LogP contribution in [0.2, 0.25) is 0 Å². The monoisotopic (exact) mass is 266 g/mol. The van der Waals surface area contributed by atoms with E-state index < -0.39 is 0 Å². The molecule has 0 fully saturated rings. The molecule has 19 heavy (non-hydrogen) atoms. The minimum absolute atomic E-state index is 0.273. The van der Waals surface area contributed by atoms with Crippen molar-refractivity contribution in [3.05, 3.63) is 11.9 Å². The number of methoxy groups -OCH3 is 1. The molecule has 1 heterocycles. The van der Waals surface area contributed by atoms with E-state index in [1.807, 2.05) is 6.07 Å². The van der Waals surface area contributed by atoms with Crippen molar-refractivity contribution >= 4 is 11.6 Å². The first-order valence-electron chi connectivity index (χ1n) is 6.99. The Hall–Kier alpha value is -1.36. The average molecular weight is 266 g/mol. The van der Waals surface area contributed by atoms with Crippen LogP contribution in [-0.4, -0.2) is 36.3 Å². The van der Waals surface area contributed by atoms with Crippen LogP contribution in [-0.2, 0) is 4.74 Å². The number of hydrogen-bond donors (Lipinski definition) is 2. The third-order valence-electron chi connectivity index (χ3n) is 2.83. The fourth-order valence-corrected chi connectivity index (χ4v) is 1.74. The third-order valence-corrected chi connectivity index (χ3v) is 2.83. The molecule has 0 aliphatic carbocycles. The van der Waals surface area contributed by atoms with Gasteiger partial charge in [0.2, 0.25) is 0 Å².